The second-order valence-corrected chi connectivity index (χ2v) is 8.37. The lowest BCUT2D eigenvalue weighted by Gasteiger charge is -2.27. The zero-order valence-corrected chi connectivity index (χ0v) is 17.9. The number of rotatable bonds is 4. The first-order chi connectivity index (χ1) is 13.3. The topological polar surface area (TPSA) is 69.2 Å². The predicted molar refractivity (Wildman–Crippen MR) is 111 cm³/mol. The fourth-order valence-electron chi connectivity index (χ4n) is 2.71. The average Bonchev–Trinajstić information content (AvgIpc) is 2.66. The minimum Gasteiger partial charge on any atom is -0.496 e. The van der Waals surface area contributed by atoms with Crippen molar-refractivity contribution in [1.29, 1.82) is 0 Å². The van der Waals surface area contributed by atoms with Gasteiger partial charge in [-0.15, -0.1) is 0 Å². The summed E-state index contributed by atoms with van der Waals surface area (Å²) >= 11 is 3.40. The summed E-state index contributed by atoms with van der Waals surface area (Å²) in [6, 6.07) is 11.3. The van der Waals surface area contributed by atoms with E-state index in [-0.39, 0.29) is 17.9 Å². The molecule has 0 spiro atoms. The molecule has 0 fully saturated rings. The van der Waals surface area contributed by atoms with Gasteiger partial charge < -0.3 is 14.2 Å². The minimum atomic E-state index is -0.774. The van der Waals surface area contributed by atoms with Crippen molar-refractivity contribution >= 4 is 28.1 Å². The van der Waals surface area contributed by atoms with Crippen molar-refractivity contribution in [2.45, 2.75) is 32.3 Å². The number of hydrogen-bond acceptors (Lipinski definition) is 5. The zero-order chi connectivity index (χ0) is 20.3. The molecule has 7 heteroatoms. The number of amides is 1. The highest BCUT2D eigenvalue weighted by molar-refractivity contribution is 9.10. The predicted octanol–water partition coefficient (Wildman–Crippen LogP) is 4.05. The number of carbonyl (C=O) groups is 1. The highest BCUT2D eigenvalue weighted by Gasteiger charge is 2.28. The van der Waals surface area contributed by atoms with Gasteiger partial charge in [0.05, 0.1) is 13.3 Å². The van der Waals surface area contributed by atoms with Crippen LogP contribution in [0.4, 0.5) is 0 Å². The van der Waals surface area contributed by atoms with Crippen LogP contribution in [0, 0.1) is 0 Å². The summed E-state index contributed by atoms with van der Waals surface area (Å²) in [7, 11) is 1.58. The molecule has 1 heterocycles. The molecule has 0 aliphatic carbocycles. The quantitative estimate of drug-likeness (QED) is 0.568. The summed E-state index contributed by atoms with van der Waals surface area (Å²) in [5, 5.41) is 4.02. The molecule has 1 atom stereocenters. The third kappa shape index (κ3) is 4.65. The van der Waals surface area contributed by atoms with Crippen LogP contribution in [0.25, 0.3) is 0 Å². The van der Waals surface area contributed by atoms with Crippen LogP contribution < -0.4 is 19.6 Å². The number of hydrazone groups is 1. The number of halogens is 1. The van der Waals surface area contributed by atoms with Crippen LogP contribution in [0.2, 0.25) is 0 Å². The zero-order valence-electron chi connectivity index (χ0n) is 16.3. The molecule has 0 saturated carbocycles. The smallest absolute Gasteiger partial charge is 0.284 e. The summed E-state index contributed by atoms with van der Waals surface area (Å²) in [6.07, 6.45) is 0.751. The lowest BCUT2D eigenvalue weighted by molar-refractivity contribution is -0.130. The van der Waals surface area contributed by atoms with Gasteiger partial charge in [-0.3, -0.25) is 4.79 Å². The van der Waals surface area contributed by atoms with Crippen LogP contribution in [-0.4, -0.2) is 31.9 Å². The summed E-state index contributed by atoms with van der Waals surface area (Å²) in [4.78, 5) is 12.4. The highest BCUT2D eigenvalue weighted by Crippen LogP contribution is 2.36. The molecule has 2 aromatic rings. The van der Waals surface area contributed by atoms with Crippen molar-refractivity contribution in [2.75, 3.05) is 13.7 Å². The fraction of sp³-hybridized carbons (Fsp3) is 0.333. The Balaban J connectivity index is 1.67. The highest BCUT2D eigenvalue weighted by atomic mass is 79.9. The number of hydrogen-bond donors (Lipinski definition) is 1. The van der Waals surface area contributed by atoms with E-state index in [1.807, 2.05) is 36.4 Å². The van der Waals surface area contributed by atoms with Gasteiger partial charge in [0.2, 0.25) is 6.10 Å². The van der Waals surface area contributed by atoms with Gasteiger partial charge in [-0.2, -0.15) is 5.10 Å². The Hall–Kier alpha value is -2.54. The Morgan fingerprint density at radius 3 is 2.75 bits per heavy atom. The van der Waals surface area contributed by atoms with Gasteiger partial charge in [-0.25, -0.2) is 5.43 Å². The Morgan fingerprint density at radius 1 is 1.25 bits per heavy atom. The first kappa shape index (κ1) is 20.2. The average molecular weight is 447 g/mol. The monoisotopic (exact) mass is 446 g/mol. The van der Waals surface area contributed by atoms with Crippen molar-refractivity contribution < 1.29 is 19.0 Å². The molecular weight excluding hydrogens is 424 g/mol. The molecule has 28 heavy (non-hydrogen) atoms. The minimum absolute atomic E-state index is 0.0269. The summed E-state index contributed by atoms with van der Waals surface area (Å²) < 4.78 is 17.7. The second kappa shape index (κ2) is 8.22. The normalized spacial score (nSPS) is 16.1. The van der Waals surface area contributed by atoms with E-state index >= 15 is 0 Å². The van der Waals surface area contributed by atoms with Gasteiger partial charge in [0.1, 0.15) is 12.4 Å². The Morgan fingerprint density at radius 2 is 2.04 bits per heavy atom. The third-order valence-electron chi connectivity index (χ3n) is 4.33. The van der Waals surface area contributed by atoms with Crippen molar-refractivity contribution in [2.24, 2.45) is 5.10 Å². The molecule has 6 nitrogen and oxygen atoms in total. The van der Waals surface area contributed by atoms with E-state index in [1.165, 1.54) is 6.21 Å². The van der Waals surface area contributed by atoms with Gasteiger partial charge in [0, 0.05) is 10.0 Å². The molecule has 3 rings (SSSR count). The second-order valence-electron chi connectivity index (χ2n) is 7.45. The molecule has 0 saturated heterocycles. The lowest BCUT2D eigenvalue weighted by atomic mass is 9.87. The van der Waals surface area contributed by atoms with Crippen LogP contribution in [-0.2, 0) is 10.2 Å². The van der Waals surface area contributed by atoms with Crippen molar-refractivity contribution in [1.82, 2.24) is 5.43 Å². The van der Waals surface area contributed by atoms with E-state index in [0.717, 1.165) is 15.6 Å². The first-order valence-electron chi connectivity index (χ1n) is 8.88. The van der Waals surface area contributed by atoms with E-state index < -0.39 is 6.10 Å². The Kier molecular flexibility index (Phi) is 5.93. The van der Waals surface area contributed by atoms with Gasteiger partial charge in [-0.05, 0) is 41.3 Å². The maximum atomic E-state index is 12.4. The molecule has 0 aromatic heterocycles. The number of ether oxygens (including phenoxy) is 3. The summed E-state index contributed by atoms with van der Waals surface area (Å²) in [5.74, 6) is 1.48. The van der Waals surface area contributed by atoms with E-state index in [0.29, 0.717) is 17.2 Å². The summed E-state index contributed by atoms with van der Waals surface area (Å²) in [6.45, 7) is 6.48. The van der Waals surface area contributed by atoms with Gasteiger partial charge >= 0.3 is 0 Å². The molecule has 1 N–H and O–H groups in total. The molecular formula is C21H23BrN2O4. The molecule has 1 amide bonds. The number of benzene rings is 2. The SMILES string of the molecule is COc1ccc(Br)cc1C=NNC(=O)C1COc2ccc(C(C)(C)C)cc2O1. The molecule has 0 bridgehead atoms. The van der Waals surface area contributed by atoms with Gasteiger partial charge in [-0.1, -0.05) is 42.8 Å². The number of methoxy groups -OCH3 is 1. The fourth-order valence-corrected chi connectivity index (χ4v) is 3.09. The first-order valence-corrected chi connectivity index (χ1v) is 9.67. The molecule has 2 aromatic carbocycles. The van der Waals surface area contributed by atoms with E-state index in [2.05, 4.69) is 47.2 Å². The molecule has 0 radical (unpaired) electrons. The number of nitrogens with zero attached hydrogens (tertiary/aromatic N) is 1. The Labute approximate surface area is 173 Å². The van der Waals surface area contributed by atoms with Crippen LogP contribution in [0.1, 0.15) is 31.9 Å². The maximum Gasteiger partial charge on any atom is 0.284 e. The summed E-state index contributed by atoms with van der Waals surface area (Å²) in [5.41, 5.74) is 4.32. The third-order valence-corrected chi connectivity index (χ3v) is 4.82. The Bertz CT molecular complexity index is 906. The maximum absolute atomic E-state index is 12.4. The molecule has 1 unspecified atom stereocenters. The number of nitrogens with one attached hydrogen (secondary N) is 1. The van der Waals surface area contributed by atoms with E-state index in [4.69, 9.17) is 14.2 Å². The molecule has 1 aliphatic rings. The van der Waals surface area contributed by atoms with Crippen LogP contribution in [0.15, 0.2) is 46.0 Å². The van der Waals surface area contributed by atoms with Crippen molar-refractivity contribution in [3.8, 4) is 17.2 Å². The molecule has 148 valence electrons. The van der Waals surface area contributed by atoms with E-state index in [9.17, 15) is 4.79 Å². The van der Waals surface area contributed by atoms with Crippen LogP contribution in [0.3, 0.4) is 0 Å². The standard InChI is InChI=1S/C21H23BrN2O4/c1-21(2,3)14-5-7-17-18(10-14)28-19(12-27-17)20(25)24-23-11-13-9-15(22)6-8-16(13)26-4/h5-11,19H,12H2,1-4H3,(H,24,25). The number of carbonyl (C=O) groups excluding carboxylic acids is 1. The van der Waals surface area contributed by atoms with Crippen molar-refractivity contribution in [3.05, 3.63) is 52.0 Å². The van der Waals surface area contributed by atoms with E-state index in [1.54, 1.807) is 7.11 Å². The van der Waals surface area contributed by atoms with Gasteiger partial charge in [0.15, 0.2) is 11.5 Å². The lowest BCUT2D eigenvalue weighted by Crippen LogP contribution is -2.42. The van der Waals surface area contributed by atoms with Gasteiger partial charge in [0.25, 0.3) is 5.91 Å². The van der Waals surface area contributed by atoms with Crippen molar-refractivity contribution in [3.63, 3.8) is 0 Å². The van der Waals surface area contributed by atoms with Crippen LogP contribution >= 0.6 is 15.9 Å². The number of fused-ring (bicyclic) bond motifs is 1. The largest absolute Gasteiger partial charge is 0.496 e. The molecule has 1 aliphatic heterocycles. The van der Waals surface area contributed by atoms with Crippen LogP contribution in [0.5, 0.6) is 17.2 Å².